The number of rotatable bonds is 2. The van der Waals surface area contributed by atoms with E-state index in [1.807, 2.05) is 6.07 Å². The molecule has 0 amide bonds. The molecule has 96 valence electrons. The number of aryl methyl sites for hydroxylation is 1. The third kappa shape index (κ3) is 1.63. The average Bonchev–Trinajstić information content (AvgIpc) is 2.93. The summed E-state index contributed by atoms with van der Waals surface area (Å²) < 4.78 is 15.5. The van der Waals surface area contributed by atoms with E-state index in [0.717, 1.165) is 42.9 Å². The van der Waals surface area contributed by atoms with Crippen LogP contribution in [-0.2, 0) is 12.0 Å². The number of fused-ring (bicyclic) bond motifs is 1. The second-order valence-corrected chi connectivity index (χ2v) is 5.30. The summed E-state index contributed by atoms with van der Waals surface area (Å²) in [5, 5.41) is 3.39. The lowest BCUT2D eigenvalue weighted by Gasteiger charge is -2.23. The van der Waals surface area contributed by atoms with Gasteiger partial charge in [0.15, 0.2) is 0 Å². The first-order valence-electron chi connectivity index (χ1n) is 6.51. The molecule has 2 heterocycles. The molecule has 1 unspecified atom stereocenters. The van der Waals surface area contributed by atoms with Crippen LogP contribution in [0.3, 0.4) is 0 Å². The maximum absolute atomic E-state index is 13.3. The predicted molar refractivity (Wildman–Crippen MR) is 70.2 cm³/mol. The summed E-state index contributed by atoms with van der Waals surface area (Å²) in [6.45, 7) is 7.18. The summed E-state index contributed by atoms with van der Waals surface area (Å²) in [4.78, 5) is 4.68. The Morgan fingerprint density at radius 3 is 3.00 bits per heavy atom. The maximum atomic E-state index is 13.3. The lowest BCUT2D eigenvalue weighted by atomic mass is 9.89. The molecule has 3 rings (SSSR count). The molecule has 0 saturated carbocycles. The highest BCUT2D eigenvalue weighted by Crippen LogP contribution is 2.32. The Balaban J connectivity index is 2.22. The molecule has 0 bridgehead atoms. The fourth-order valence-electron chi connectivity index (χ4n) is 2.89. The van der Waals surface area contributed by atoms with Crippen molar-refractivity contribution in [2.75, 3.05) is 13.1 Å². The van der Waals surface area contributed by atoms with Crippen molar-refractivity contribution in [3.05, 3.63) is 29.8 Å². The van der Waals surface area contributed by atoms with Gasteiger partial charge in [0.2, 0.25) is 0 Å². The third-order valence-electron chi connectivity index (χ3n) is 3.94. The lowest BCUT2D eigenvalue weighted by Crippen LogP contribution is -2.29. The van der Waals surface area contributed by atoms with Gasteiger partial charge in [0.25, 0.3) is 0 Å². The second-order valence-electron chi connectivity index (χ2n) is 5.30. The van der Waals surface area contributed by atoms with Crippen LogP contribution >= 0.6 is 0 Å². The Bertz CT molecular complexity index is 582. The highest BCUT2D eigenvalue weighted by atomic mass is 19.1. The van der Waals surface area contributed by atoms with Gasteiger partial charge in [-0.15, -0.1) is 0 Å². The van der Waals surface area contributed by atoms with Crippen LogP contribution < -0.4 is 5.32 Å². The van der Waals surface area contributed by atoms with Crippen LogP contribution in [-0.4, -0.2) is 22.6 Å². The van der Waals surface area contributed by atoms with Gasteiger partial charge in [-0.3, -0.25) is 0 Å². The van der Waals surface area contributed by atoms with Crippen molar-refractivity contribution >= 4 is 11.0 Å². The molecule has 1 aliphatic heterocycles. The normalized spacial score (nSPS) is 23.9. The quantitative estimate of drug-likeness (QED) is 0.883. The first-order valence-corrected chi connectivity index (χ1v) is 6.51. The molecule has 4 heteroatoms. The number of halogens is 1. The summed E-state index contributed by atoms with van der Waals surface area (Å²) in [5.41, 5.74) is 1.85. The van der Waals surface area contributed by atoms with Crippen molar-refractivity contribution in [1.29, 1.82) is 0 Å². The van der Waals surface area contributed by atoms with Gasteiger partial charge in [0.05, 0.1) is 11.0 Å². The van der Waals surface area contributed by atoms with E-state index in [9.17, 15) is 4.39 Å². The topological polar surface area (TPSA) is 29.9 Å². The largest absolute Gasteiger partial charge is 0.328 e. The van der Waals surface area contributed by atoms with Crippen molar-refractivity contribution in [3.8, 4) is 0 Å². The molecule has 0 aliphatic carbocycles. The minimum absolute atomic E-state index is 0.0610. The van der Waals surface area contributed by atoms with E-state index in [0.29, 0.717) is 0 Å². The summed E-state index contributed by atoms with van der Waals surface area (Å²) in [7, 11) is 0. The van der Waals surface area contributed by atoms with E-state index in [1.54, 1.807) is 0 Å². The SMILES string of the molecule is CCn1c(C2(C)CCNC2)nc2cc(F)ccc21. The number of nitrogens with zero attached hydrogens (tertiary/aromatic N) is 2. The van der Waals surface area contributed by atoms with Crippen LogP contribution in [0.1, 0.15) is 26.1 Å². The average molecular weight is 247 g/mol. The van der Waals surface area contributed by atoms with Crippen LogP contribution in [0.2, 0.25) is 0 Å². The van der Waals surface area contributed by atoms with Gasteiger partial charge in [-0.2, -0.15) is 0 Å². The zero-order valence-corrected chi connectivity index (χ0v) is 10.8. The number of benzene rings is 1. The first kappa shape index (κ1) is 11.7. The molecule has 1 atom stereocenters. The summed E-state index contributed by atoms with van der Waals surface area (Å²) in [6.07, 6.45) is 1.08. The van der Waals surface area contributed by atoms with Crippen LogP contribution in [0.25, 0.3) is 11.0 Å². The fraction of sp³-hybridized carbons (Fsp3) is 0.500. The van der Waals surface area contributed by atoms with Gasteiger partial charge < -0.3 is 9.88 Å². The van der Waals surface area contributed by atoms with Crippen molar-refractivity contribution in [1.82, 2.24) is 14.9 Å². The van der Waals surface area contributed by atoms with Gasteiger partial charge in [0.1, 0.15) is 11.6 Å². The Labute approximate surface area is 106 Å². The van der Waals surface area contributed by atoms with E-state index in [-0.39, 0.29) is 11.2 Å². The molecule has 1 aromatic carbocycles. The molecule has 1 fully saturated rings. The van der Waals surface area contributed by atoms with Crippen molar-refractivity contribution < 1.29 is 4.39 Å². The molecule has 18 heavy (non-hydrogen) atoms. The minimum atomic E-state index is -0.218. The number of aromatic nitrogens is 2. The van der Waals surface area contributed by atoms with E-state index in [2.05, 4.69) is 28.7 Å². The molecular weight excluding hydrogens is 229 g/mol. The van der Waals surface area contributed by atoms with E-state index in [4.69, 9.17) is 0 Å². The van der Waals surface area contributed by atoms with Crippen LogP contribution in [0.5, 0.6) is 0 Å². The van der Waals surface area contributed by atoms with Gasteiger partial charge >= 0.3 is 0 Å². The number of hydrogen-bond acceptors (Lipinski definition) is 2. The number of imidazole rings is 1. The van der Waals surface area contributed by atoms with Crippen molar-refractivity contribution in [2.24, 2.45) is 0 Å². The molecule has 1 saturated heterocycles. The number of nitrogens with one attached hydrogen (secondary N) is 1. The first-order chi connectivity index (χ1) is 8.64. The molecule has 1 aromatic heterocycles. The zero-order chi connectivity index (χ0) is 12.8. The van der Waals surface area contributed by atoms with Gasteiger partial charge in [-0.25, -0.2) is 9.37 Å². The fourth-order valence-corrected chi connectivity index (χ4v) is 2.89. The molecule has 2 aromatic rings. The maximum Gasteiger partial charge on any atom is 0.125 e. The Kier molecular flexibility index (Phi) is 2.63. The summed E-state index contributed by atoms with van der Waals surface area (Å²) in [6, 6.07) is 4.86. The van der Waals surface area contributed by atoms with E-state index < -0.39 is 0 Å². The molecule has 0 spiro atoms. The lowest BCUT2D eigenvalue weighted by molar-refractivity contribution is 0.465. The standard InChI is InChI=1S/C14H18FN3/c1-3-18-12-5-4-10(15)8-11(12)17-13(18)14(2)6-7-16-9-14/h4-5,8,16H,3,6-7,9H2,1-2H3. The summed E-state index contributed by atoms with van der Waals surface area (Å²) in [5.74, 6) is 0.861. The second kappa shape index (κ2) is 4.05. The van der Waals surface area contributed by atoms with Crippen LogP contribution in [0, 0.1) is 5.82 Å². The van der Waals surface area contributed by atoms with Crippen molar-refractivity contribution in [3.63, 3.8) is 0 Å². The molecule has 1 N–H and O–H groups in total. The Morgan fingerprint density at radius 1 is 1.50 bits per heavy atom. The molecule has 0 radical (unpaired) electrons. The van der Waals surface area contributed by atoms with Crippen LogP contribution in [0.4, 0.5) is 4.39 Å². The highest BCUT2D eigenvalue weighted by Gasteiger charge is 2.35. The Hall–Kier alpha value is -1.42. The van der Waals surface area contributed by atoms with Gasteiger partial charge in [0, 0.05) is 24.6 Å². The summed E-state index contributed by atoms with van der Waals surface area (Å²) >= 11 is 0. The van der Waals surface area contributed by atoms with E-state index in [1.165, 1.54) is 12.1 Å². The molecule has 1 aliphatic rings. The minimum Gasteiger partial charge on any atom is -0.328 e. The number of hydrogen-bond donors (Lipinski definition) is 1. The molecular formula is C14H18FN3. The van der Waals surface area contributed by atoms with Crippen molar-refractivity contribution in [2.45, 2.75) is 32.2 Å². The zero-order valence-electron chi connectivity index (χ0n) is 10.8. The van der Waals surface area contributed by atoms with Gasteiger partial charge in [-0.05, 0) is 32.0 Å². The monoisotopic (exact) mass is 247 g/mol. The van der Waals surface area contributed by atoms with Gasteiger partial charge in [-0.1, -0.05) is 6.92 Å². The Morgan fingerprint density at radius 2 is 2.33 bits per heavy atom. The predicted octanol–water partition coefficient (Wildman–Crippen LogP) is 2.45. The van der Waals surface area contributed by atoms with E-state index >= 15 is 0 Å². The molecule has 3 nitrogen and oxygen atoms in total. The third-order valence-corrected chi connectivity index (χ3v) is 3.94. The smallest absolute Gasteiger partial charge is 0.125 e. The highest BCUT2D eigenvalue weighted by molar-refractivity contribution is 5.76. The van der Waals surface area contributed by atoms with Crippen LogP contribution in [0.15, 0.2) is 18.2 Å².